The normalized spacial score (nSPS) is 14.8. The summed E-state index contributed by atoms with van der Waals surface area (Å²) in [6.45, 7) is 0. The smallest absolute Gasteiger partial charge is 0.164 e. The highest BCUT2D eigenvalue weighted by molar-refractivity contribution is 5.86. The molecule has 2 aliphatic heterocycles. The minimum atomic E-state index is -0.0624. The molecule has 0 amide bonds. The summed E-state index contributed by atoms with van der Waals surface area (Å²) in [6, 6.07) is 82.2. The third-order valence-electron chi connectivity index (χ3n) is 13.1. The molecule has 0 radical (unpaired) electrons. The fraction of sp³-hybridized carbons (Fsp3) is 0.0333. The number of rotatable bonds is 9. The molecule has 0 bridgehead atoms. The quantitative estimate of drug-likeness (QED) is 0.148. The van der Waals surface area contributed by atoms with Crippen molar-refractivity contribution in [1.29, 1.82) is 0 Å². The molecule has 9 nitrogen and oxygen atoms in total. The number of hydrogen-bond donors (Lipinski definition) is 2. The van der Waals surface area contributed by atoms with Gasteiger partial charge in [-0.3, -0.25) is 4.57 Å². The first kappa shape index (κ1) is 40.0. The van der Waals surface area contributed by atoms with E-state index in [9.17, 15) is 0 Å². The summed E-state index contributed by atoms with van der Waals surface area (Å²) >= 11 is 0. The lowest BCUT2D eigenvalue weighted by Gasteiger charge is -2.27. The Hall–Kier alpha value is -9.34. The van der Waals surface area contributed by atoms with Crippen molar-refractivity contribution in [2.75, 3.05) is 20.4 Å². The van der Waals surface area contributed by atoms with Crippen LogP contribution < -0.4 is 20.4 Å². The summed E-state index contributed by atoms with van der Waals surface area (Å²) in [6.07, 6.45) is -0.125. The second-order valence-electron chi connectivity index (χ2n) is 17.3. The summed E-state index contributed by atoms with van der Waals surface area (Å²) in [5.41, 5.74) is 15.6. The topological polar surface area (TPSA) is 87.0 Å². The molecule has 2 unspecified atom stereocenters. The van der Waals surface area contributed by atoms with Gasteiger partial charge in [0, 0.05) is 39.3 Å². The van der Waals surface area contributed by atoms with Gasteiger partial charge in [0.1, 0.15) is 18.2 Å². The fourth-order valence-electron chi connectivity index (χ4n) is 9.76. The van der Waals surface area contributed by atoms with Crippen LogP contribution in [0, 0.1) is 0 Å². The maximum atomic E-state index is 5.20. The maximum Gasteiger partial charge on any atom is 0.164 e. The Balaban J connectivity index is 0.896. The van der Waals surface area contributed by atoms with E-state index in [1.54, 1.807) is 0 Å². The van der Waals surface area contributed by atoms with Crippen LogP contribution in [0.15, 0.2) is 237 Å². The molecule has 0 saturated heterocycles. The third kappa shape index (κ3) is 7.21. The van der Waals surface area contributed by atoms with Crippen molar-refractivity contribution in [2.24, 2.45) is 0 Å². The van der Waals surface area contributed by atoms with Crippen LogP contribution in [0.25, 0.3) is 62.3 Å². The molecule has 2 aromatic heterocycles. The van der Waals surface area contributed by atoms with Crippen molar-refractivity contribution in [2.45, 2.75) is 12.3 Å². The second kappa shape index (κ2) is 16.8. The van der Waals surface area contributed by atoms with Crippen LogP contribution in [0.3, 0.4) is 0 Å². The van der Waals surface area contributed by atoms with Gasteiger partial charge >= 0.3 is 0 Å². The van der Waals surface area contributed by atoms with Crippen LogP contribution in [-0.4, -0.2) is 24.5 Å². The van der Waals surface area contributed by atoms with E-state index in [4.69, 9.17) is 19.9 Å². The Bertz CT molecular complexity index is 3460. The molecular weight excluding hydrogens is 847 g/mol. The van der Waals surface area contributed by atoms with E-state index in [2.05, 4.69) is 237 Å². The molecule has 9 aromatic carbocycles. The minimum Gasteiger partial charge on any atom is -0.359 e. The number of benzene rings is 9. The lowest BCUT2D eigenvalue weighted by atomic mass is 10.1. The highest BCUT2D eigenvalue weighted by atomic mass is 15.3. The highest BCUT2D eigenvalue weighted by Crippen LogP contribution is 2.48. The Labute approximate surface area is 399 Å². The average molecular weight is 890 g/mol. The van der Waals surface area contributed by atoms with Gasteiger partial charge in [-0.05, 0) is 120 Å². The standard InChI is InChI=1S/C60H43N9/c1-4-16-43(17-5-1)58-61-49-22-10-13-25-52(49)67(58)46-34-28-40(29-35-46)55-64-56(41-30-36-47(37-31-41)68-53-26-14-11-23-50(53)62-59(68)44-18-6-2-7-19-44)66-57(65-55)42-32-38-48(39-33-42)69-54-27-15-12-24-51(54)63-60(69)45-20-8-3-9-21-45/h1-39,58-59,61-62H. The first-order chi connectivity index (χ1) is 34.2. The van der Waals surface area contributed by atoms with Crippen LogP contribution in [-0.2, 0) is 0 Å². The highest BCUT2D eigenvalue weighted by Gasteiger charge is 2.32. The van der Waals surface area contributed by atoms with Crippen LogP contribution in [0.5, 0.6) is 0 Å². The number of nitrogens with zero attached hydrogens (tertiary/aromatic N) is 7. The van der Waals surface area contributed by atoms with Gasteiger partial charge in [-0.1, -0.05) is 127 Å². The Kier molecular flexibility index (Phi) is 9.75. The van der Waals surface area contributed by atoms with Gasteiger partial charge in [0.15, 0.2) is 17.5 Å². The predicted octanol–water partition coefficient (Wildman–Crippen LogP) is 14.4. The molecule has 13 rings (SSSR count). The first-order valence-electron chi connectivity index (χ1n) is 23.2. The number of para-hydroxylation sites is 6. The fourth-order valence-corrected chi connectivity index (χ4v) is 9.76. The van der Waals surface area contributed by atoms with Crippen LogP contribution in [0.4, 0.5) is 34.1 Å². The number of aromatic nitrogens is 5. The second-order valence-corrected chi connectivity index (χ2v) is 17.3. The van der Waals surface area contributed by atoms with E-state index in [0.29, 0.717) is 17.5 Å². The largest absolute Gasteiger partial charge is 0.359 e. The van der Waals surface area contributed by atoms with Gasteiger partial charge in [-0.15, -0.1) is 0 Å². The van der Waals surface area contributed by atoms with Gasteiger partial charge in [0.2, 0.25) is 0 Å². The summed E-state index contributed by atoms with van der Waals surface area (Å²) in [5.74, 6) is 2.64. The summed E-state index contributed by atoms with van der Waals surface area (Å²) < 4.78 is 2.22. The molecule has 11 aromatic rings. The molecule has 4 heterocycles. The van der Waals surface area contributed by atoms with Gasteiger partial charge in [0.05, 0.1) is 33.8 Å². The molecule has 0 fully saturated rings. The molecule has 69 heavy (non-hydrogen) atoms. The average Bonchev–Trinajstić information content (AvgIpc) is 4.14. The van der Waals surface area contributed by atoms with Crippen molar-refractivity contribution in [3.05, 3.63) is 248 Å². The third-order valence-corrected chi connectivity index (χ3v) is 13.1. The van der Waals surface area contributed by atoms with Crippen molar-refractivity contribution < 1.29 is 0 Å². The number of fused-ring (bicyclic) bond motifs is 3. The lowest BCUT2D eigenvalue weighted by molar-refractivity contribution is 0.828. The Morgan fingerprint density at radius 2 is 0.710 bits per heavy atom. The zero-order chi connectivity index (χ0) is 45.7. The van der Waals surface area contributed by atoms with E-state index in [-0.39, 0.29) is 12.3 Å². The zero-order valence-electron chi connectivity index (χ0n) is 37.3. The van der Waals surface area contributed by atoms with E-state index in [0.717, 1.165) is 78.9 Å². The van der Waals surface area contributed by atoms with Crippen molar-refractivity contribution in [1.82, 2.24) is 24.5 Å². The van der Waals surface area contributed by atoms with Gasteiger partial charge < -0.3 is 20.4 Å². The first-order valence-corrected chi connectivity index (χ1v) is 23.2. The molecule has 328 valence electrons. The molecule has 0 spiro atoms. The Morgan fingerprint density at radius 1 is 0.319 bits per heavy atom. The van der Waals surface area contributed by atoms with Crippen molar-refractivity contribution >= 4 is 45.2 Å². The molecule has 2 atom stereocenters. The summed E-state index contributed by atoms with van der Waals surface area (Å²) in [5, 5.41) is 7.50. The number of anilines is 6. The minimum absolute atomic E-state index is 0.0624. The zero-order valence-corrected chi connectivity index (χ0v) is 37.3. The molecule has 2 aliphatic rings. The lowest BCUT2D eigenvalue weighted by Crippen LogP contribution is -2.23. The monoisotopic (exact) mass is 889 g/mol. The van der Waals surface area contributed by atoms with E-state index in [1.807, 2.05) is 24.3 Å². The summed E-state index contributed by atoms with van der Waals surface area (Å²) in [7, 11) is 0. The molecule has 2 N–H and O–H groups in total. The van der Waals surface area contributed by atoms with E-state index < -0.39 is 0 Å². The number of imidazole rings is 1. The van der Waals surface area contributed by atoms with Crippen LogP contribution in [0.2, 0.25) is 0 Å². The van der Waals surface area contributed by atoms with E-state index >= 15 is 0 Å². The molecule has 0 saturated carbocycles. The van der Waals surface area contributed by atoms with Crippen molar-refractivity contribution in [3.63, 3.8) is 0 Å². The van der Waals surface area contributed by atoms with Gasteiger partial charge in [-0.2, -0.15) is 0 Å². The predicted molar refractivity (Wildman–Crippen MR) is 279 cm³/mol. The molecule has 9 heteroatoms. The Morgan fingerprint density at radius 3 is 1.19 bits per heavy atom. The van der Waals surface area contributed by atoms with Crippen LogP contribution in [0.1, 0.15) is 23.5 Å². The maximum absolute atomic E-state index is 5.20. The van der Waals surface area contributed by atoms with Gasteiger partial charge in [0.25, 0.3) is 0 Å². The number of hydrogen-bond acceptors (Lipinski definition) is 8. The van der Waals surface area contributed by atoms with Gasteiger partial charge in [-0.25, -0.2) is 19.9 Å². The van der Waals surface area contributed by atoms with Crippen LogP contribution >= 0.6 is 0 Å². The number of nitrogens with one attached hydrogen (secondary N) is 2. The van der Waals surface area contributed by atoms with Crippen molar-refractivity contribution in [3.8, 4) is 51.2 Å². The van der Waals surface area contributed by atoms with E-state index in [1.165, 1.54) is 11.1 Å². The molecular formula is C60H43N9. The molecule has 0 aliphatic carbocycles. The SMILES string of the molecule is c1ccc(-c2nc3ccccc3n2-c2ccc(-c3nc(-c4ccc(N5c6ccccc6NC5c5ccccc5)cc4)nc(-c4ccc(N5c6ccccc6NC5c5ccccc5)cc4)n3)cc2)cc1. The summed E-state index contributed by atoms with van der Waals surface area (Å²) in [4.78, 5) is 25.4.